The Labute approximate surface area is 127 Å². The van der Waals surface area contributed by atoms with Crippen LogP contribution in [0.3, 0.4) is 0 Å². The number of phenolic OH excluding ortho intramolecular Hbond substituents is 1. The van der Waals surface area contributed by atoms with Crippen LogP contribution in [0.4, 0.5) is 8.78 Å². The van der Waals surface area contributed by atoms with Crippen LogP contribution in [0.25, 0.3) is 0 Å². The Balaban J connectivity index is 2.15. The zero-order valence-electron chi connectivity index (χ0n) is 12.4. The molecule has 1 atom stereocenters. The fourth-order valence-electron chi connectivity index (χ4n) is 2.20. The van der Waals surface area contributed by atoms with Crippen LogP contribution in [0.5, 0.6) is 5.75 Å². The molecule has 5 heteroatoms. The second-order valence-corrected chi connectivity index (χ2v) is 5.15. The highest BCUT2D eigenvalue weighted by Crippen LogP contribution is 2.23. The molecule has 3 nitrogen and oxygen atoms in total. The SMILES string of the molecule is C[C@@H](c1cccc(O)c1)N(C)C(=O)Cc1c(F)cccc1F. The molecule has 2 aromatic carbocycles. The normalized spacial score (nSPS) is 12.0. The predicted molar refractivity (Wildman–Crippen MR) is 79.4 cm³/mol. The van der Waals surface area contributed by atoms with Gasteiger partial charge in [-0.05, 0) is 36.8 Å². The first-order valence-corrected chi connectivity index (χ1v) is 6.87. The van der Waals surface area contributed by atoms with E-state index in [1.807, 2.05) is 0 Å². The zero-order valence-corrected chi connectivity index (χ0v) is 12.4. The predicted octanol–water partition coefficient (Wildman–Crippen LogP) is 3.43. The van der Waals surface area contributed by atoms with Crippen LogP contribution in [0, 0.1) is 11.6 Å². The number of hydrogen-bond acceptors (Lipinski definition) is 2. The van der Waals surface area contributed by atoms with Crippen LogP contribution < -0.4 is 0 Å². The van der Waals surface area contributed by atoms with Gasteiger partial charge < -0.3 is 10.0 Å². The van der Waals surface area contributed by atoms with Crippen LogP contribution in [-0.2, 0) is 11.2 Å². The average Bonchev–Trinajstić information content (AvgIpc) is 2.49. The van der Waals surface area contributed by atoms with Crippen molar-refractivity contribution >= 4 is 5.91 Å². The number of aromatic hydroxyl groups is 1. The summed E-state index contributed by atoms with van der Waals surface area (Å²) in [6.07, 6.45) is -0.349. The summed E-state index contributed by atoms with van der Waals surface area (Å²) in [5.74, 6) is -1.76. The third-order valence-electron chi connectivity index (χ3n) is 3.72. The molecule has 1 amide bonds. The molecule has 0 saturated heterocycles. The van der Waals surface area contributed by atoms with E-state index >= 15 is 0 Å². The van der Waals surface area contributed by atoms with Gasteiger partial charge in [-0.1, -0.05) is 18.2 Å². The van der Waals surface area contributed by atoms with Crippen molar-refractivity contribution in [2.75, 3.05) is 7.05 Å². The number of amides is 1. The number of benzene rings is 2. The van der Waals surface area contributed by atoms with Gasteiger partial charge in [0.15, 0.2) is 0 Å². The van der Waals surface area contributed by atoms with E-state index in [0.717, 1.165) is 17.7 Å². The third kappa shape index (κ3) is 3.42. The highest BCUT2D eigenvalue weighted by Gasteiger charge is 2.20. The standard InChI is InChI=1S/C17H17F2NO2/c1-11(12-5-3-6-13(21)9-12)20(2)17(22)10-14-15(18)7-4-8-16(14)19/h3-9,11,21H,10H2,1-2H3/t11-/m0/s1. The highest BCUT2D eigenvalue weighted by molar-refractivity contribution is 5.79. The molecule has 0 aliphatic carbocycles. The molecule has 0 spiro atoms. The fourth-order valence-corrected chi connectivity index (χ4v) is 2.20. The largest absolute Gasteiger partial charge is 0.508 e. The number of carbonyl (C=O) groups is 1. The number of carbonyl (C=O) groups excluding carboxylic acids is 1. The molecule has 0 unspecified atom stereocenters. The van der Waals surface area contributed by atoms with Crippen LogP contribution >= 0.6 is 0 Å². The van der Waals surface area contributed by atoms with E-state index in [4.69, 9.17) is 0 Å². The van der Waals surface area contributed by atoms with Gasteiger partial charge in [-0.25, -0.2) is 8.78 Å². The van der Waals surface area contributed by atoms with E-state index < -0.39 is 17.5 Å². The van der Waals surface area contributed by atoms with Crippen molar-refractivity contribution in [2.24, 2.45) is 0 Å². The molecule has 0 aliphatic heterocycles. The molecule has 0 radical (unpaired) electrons. The monoisotopic (exact) mass is 305 g/mol. The van der Waals surface area contributed by atoms with Crippen molar-refractivity contribution in [3.8, 4) is 5.75 Å². The summed E-state index contributed by atoms with van der Waals surface area (Å²) in [5, 5.41) is 9.49. The lowest BCUT2D eigenvalue weighted by Gasteiger charge is -2.25. The lowest BCUT2D eigenvalue weighted by molar-refractivity contribution is -0.131. The smallest absolute Gasteiger partial charge is 0.227 e. The summed E-state index contributed by atoms with van der Waals surface area (Å²) in [5.41, 5.74) is 0.507. The van der Waals surface area contributed by atoms with Crippen molar-refractivity contribution in [2.45, 2.75) is 19.4 Å². The van der Waals surface area contributed by atoms with Gasteiger partial charge >= 0.3 is 0 Å². The summed E-state index contributed by atoms with van der Waals surface area (Å²) in [4.78, 5) is 13.7. The number of halogens is 2. The maximum absolute atomic E-state index is 13.6. The molecule has 2 aromatic rings. The van der Waals surface area contributed by atoms with Gasteiger partial charge in [-0.15, -0.1) is 0 Å². The van der Waals surface area contributed by atoms with Gasteiger partial charge in [0.25, 0.3) is 0 Å². The van der Waals surface area contributed by atoms with E-state index in [0.29, 0.717) is 0 Å². The van der Waals surface area contributed by atoms with Gasteiger partial charge in [0, 0.05) is 12.6 Å². The van der Waals surface area contributed by atoms with Crippen LogP contribution in [0.2, 0.25) is 0 Å². The quantitative estimate of drug-likeness (QED) is 0.940. The van der Waals surface area contributed by atoms with Gasteiger partial charge in [-0.2, -0.15) is 0 Å². The molecule has 0 fully saturated rings. The summed E-state index contributed by atoms with van der Waals surface area (Å²) in [6, 6.07) is 9.74. The summed E-state index contributed by atoms with van der Waals surface area (Å²) >= 11 is 0. The second kappa shape index (κ2) is 6.56. The van der Waals surface area contributed by atoms with Crippen molar-refractivity contribution in [3.63, 3.8) is 0 Å². The van der Waals surface area contributed by atoms with Crippen molar-refractivity contribution in [1.29, 1.82) is 0 Å². The molecule has 1 N–H and O–H groups in total. The van der Waals surface area contributed by atoms with E-state index in [2.05, 4.69) is 0 Å². The van der Waals surface area contributed by atoms with Crippen molar-refractivity contribution in [3.05, 3.63) is 65.2 Å². The zero-order chi connectivity index (χ0) is 16.3. The van der Waals surface area contributed by atoms with Gasteiger partial charge in [0.1, 0.15) is 17.4 Å². The van der Waals surface area contributed by atoms with Crippen LogP contribution in [-0.4, -0.2) is 23.0 Å². The van der Waals surface area contributed by atoms with Gasteiger partial charge in [0.05, 0.1) is 12.5 Å². The maximum Gasteiger partial charge on any atom is 0.227 e. The van der Waals surface area contributed by atoms with Crippen LogP contribution in [0.15, 0.2) is 42.5 Å². The van der Waals surface area contributed by atoms with E-state index in [1.54, 1.807) is 32.2 Å². The fraction of sp³-hybridized carbons (Fsp3) is 0.235. The second-order valence-electron chi connectivity index (χ2n) is 5.15. The number of rotatable bonds is 4. The molecular weight excluding hydrogens is 288 g/mol. The molecule has 0 aliphatic rings. The van der Waals surface area contributed by atoms with Crippen molar-refractivity contribution in [1.82, 2.24) is 4.90 Å². The van der Waals surface area contributed by atoms with Gasteiger partial charge in [-0.3, -0.25) is 4.79 Å². The number of nitrogens with zero attached hydrogens (tertiary/aromatic N) is 1. The molecule has 0 heterocycles. The van der Waals surface area contributed by atoms with E-state index in [9.17, 15) is 18.7 Å². The first-order chi connectivity index (χ1) is 10.4. The Kier molecular flexibility index (Phi) is 4.75. The first-order valence-electron chi connectivity index (χ1n) is 6.87. The maximum atomic E-state index is 13.6. The molecule has 2 rings (SSSR count). The average molecular weight is 305 g/mol. The topological polar surface area (TPSA) is 40.5 Å². The number of likely N-dealkylation sites (N-methyl/N-ethyl adjacent to an activating group) is 1. The number of hydrogen-bond donors (Lipinski definition) is 1. The van der Waals surface area contributed by atoms with E-state index in [1.165, 1.54) is 17.0 Å². The Hall–Kier alpha value is -2.43. The molecule has 0 bridgehead atoms. The first kappa shape index (κ1) is 15.9. The van der Waals surface area contributed by atoms with Gasteiger partial charge in [0.2, 0.25) is 5.91 Å². The van der Waals surface area contributed by atoms with E-state index in [-0.39, 0.29) is 23.8 Å². The molecule has 0 saturated carbocycles. The molecule has 116 valence electrons. The highest BCUT2D eigenvalue weighted by atomic mass is 19.1. The Morgan fingerprint density at radius 1 is 1.18 bits per heavy atom. The minimum atomic E-state index is -0.730. The lowest BCUT2D eigenvalue weighted by atomic mass is 10.1. The Morgan fingerprint density at radius 3 is 2.36 bits per heavy atom. The molecule has 22 heavy (non-hydrogen) atoms. The minimum Gasteiger partial charge on any atom is -0.508 e. The summed E-state index contributed by atoms with van der Waals surface area (Å²) in [7, 11) is 1.57. The third-order valence-corrected chi connectivity index (χ3v) is 3.72. The molecular formula is C17H17F2NO2. The van der Waals surface area contributed by atoms with Crippen molar-refractivity contribution < 1.29 is 18.7 Å². The summed E-state index contributed by atoms with van der Waals surface area (Å²) in [6.45, 7) is 1.78. The summed E-state index contributed by atoms with van der Waals surface area (Å²) < 4.78 is 27.2. The Morgan fingerprint density at radius 2 is 1.77 bits per heavy atom. The lowest BCUT2D eigenvalue weighted by Crippen LogP contribution is -2.31. The number of phenols is 1. The Bertz CT molecular complexity index is 668. The van der Waals surface area contributed by atoms with Crippen LogP contribution in [0.1, 0.15) is 24.1 Å². The molecule has 0 aromatic heterocycles. The minimum absolute atomic E-state index is 0.102.